The number of aromatic nitrogens is 4. The van der Waals surface area contributed by atoms with Gasteiger partial charge in [-0.05, 0) is 32.0 Å². The molecule has 46 heavy (non-hydrogen) atoms. The Morgan fingerprint density at radius 1 is 1.00 bits per heavy atom. The molecule has 0 bridgehead atoms. The van der Waals surface area contributed by atoms with Crippen molar-refractivity contribution in [3.05, 3.63) is 60.4 Å². The lowest BCUT2D eigenvalue weighted by Gasteiger charge is -2.47. The van der Waals surface area contributed by atoms with E-state index >= 15 is 0 Å². The Hall–Kier alpha value is -4.52. The van der Waals surface area contributed by atoms with Crippen LogP contribution < -0.4 is 20.3 Å². The third-order valence-corrected chi connectivity index (χ3v) is 10.2. The number of hydrogen-bond acceptors (Lipinski definition) is 10. The first-order valence-corrected chi connectivity index (χ1v) is 16.7. The fourth-order valence-corrected chi connectivity index (χ4v) is 7.58. The van der Waals surface area contributed by atoms with E-state index in [9.17, 15) is 4.79 Å². The summed E-state index contributed by atoms with van der Waals surface area (Å²) in [5.41, 5.74) is 6.29. The van der Waals surface area contributed by atoms with Gasteiger partial charge in [0.1, 0.15) is 10.8 Å². The van der Waals surface area contributed by atoms with Gasteiger partial charge in [-0.1, -0.05) is 18.2 Å². The summed E-state index contributed by atoms with van der Waals surface area (Å²) in [6.45, 7) is 5.96. The van der Waals surface area contributed by atoms with Gasteiger partial charge in [-0.15, -0.1) is 11.3 Å². The number of rotatable bonds is 9. The van der Waals surface area contributed by atoms with Gasteiger partial charge in [0.05, 0.1) is 35.4 Å². The number of amides is 1. The van der Waals surface area contributed by atoms with E-state index in [0.29, 0.717) is 35.2 Å². The molecule has 1 amide bonds. The molecule has 2 aromatic carbocycles. The fourth-order valence-electron chi connectivity index (χ4n) is 6.93. The number of nitrogens with zero attached hydrogens (tertiary/aromatic N) is 7. The number of piperazine rings is 2. The predicted octanol–water partition coefficient (Wildman–Crippen LogP) is 5.31. The number of thiazole rings is 1. The van der Waals surface area contributed by atoms with Crippen LogP contribution in [0.4, 0.5) is 23.0 Å². The molecule has 2 saturated heterocycles. The lowest BCUT2D eigenvalue weighted by Crippen LogP contribution is -2.61. The van der Waals surface area contributed by atoms with Crippen molar-refractivity contribution in [2.75, 3.05) is 69.0 Å². The molecule has 1 aliphatic carbocycles. The molecule has 11 nitrogen and oxygen atoms in total. The third-order valence-electron chi connectivity index (χ3n) is 9.40. The summed E-state index contributed by atoms with van der Waals surface area (Å²) >= 11 is 1.57. The topological polar surface area (TPSA) is 104 Å². The van der Waals surface area contributed by atoms with Gasteiger partial charge < -0.3 is 29.7 Å². The number of benzene rings is 2. The molecule has 1 unspecified atom stereocenters. The number of carbonyl (C=O) groups excluding carboxylic acids is 1. The molecule has 236 valence electrons. The van der Waals surface area contributed by atoms with Gasteiger partial charge in [0.25, 0.3) is 0 Å². The highest BCUT2D eigenvalue weighted by Gasteiger charge is 2.32. The number of anilines is 4. The van der Waals surface area contributed by atoms with Gasteiger partial charge in [0.2, 0.25) is 12.4 Å². The maximum atomic E-state index is 11.8. The average molecular weight is 636 g/mol. The zero-order valence-corrected chi connectivity index (χ0v) is 26.8. The van der Waals surface area contributed by atoms with E-state index < -0.39 is 0 Å². The van der Waals surface area contributed by atoms with Crippen molar-refractivity contribution < 1.29 is 9.53 Å². The molecule has 3 aliphatic rings. The largest absolute Gasteiger partial charge is 0.494 e. The number of carbonyl (C=O) groups is 1. The molecule has 8 rings (SSSR count). The van der Waals surface area contributed by atoms with Gasteiger partial charge in [0.15, 0.2) is 0 Å². The summed E-state index contributed by atoms with van der Waals surface area (Å²) < 4.78 is 8.29. The Morgan fingerprint density at radius 3 is 2.67 bits per heavy atom. The molecule has 1 atom stereocenters. The van der Waals surface area contributed by atoms with Crippen LogP contribution in [-0.2, 0) is 4.79 Å². The van der Waals surface area contributed by atoms with Gasteiger partial charge in [-0.25, -0.2) is 15.0 Å². The Morgan fingerprint density at radius 2 is 1.87 bits per heavy atom. The van der Waals surface area contributed by atoms with Crippen molar-refractivity contribution in [3.63, 3.8) is 0 Å². The molecular formula is C34H37N9O2S. The number of nitrogens with one attached hydrogen (secondary N) is 2. The lowest BCUT2D eigenvalue weighted by atomic mass is 10.1. The Labute approximate surface area is 271 Å². The van der Waals surface area contributed by atoms with Crippen LogP contribution in [0.1, 0.15) is 18.9 Å². The molecule has 1 saturated carbocycles. The second-order valence-corrected chi connectivity index (χ2v) is 13.2. The van der Waals surface area contributed by atoms with Crippen molar-refractivity contribution in [3.8, 4) is 27.6 Å². The van der Waals surface area contributed by atoms with E-state index in [1.54, 1.807) is 18.4 Å². The summed E-state index contributed by atoms with van der Waals surface area (Å²) in [5, 5.41) is 10.4. The Kier molecular flexibility index (Phi) is 7.55. The van der Waals surface area contributed by atoms with E-state index in [2.05, 4.69) is 72.4 Å². The van der Waals surface area contributed by atoms with Crippen molar-refractivity contribution in [2.45, 2.75) is 24.9 Å². The number of methoxy groups -OCH3 is 1. The molecule has 0 radical (unpaired) electrons. The first-order valence-electron chi connectivity index (χ1n) is 15.8. The minimum Gasteiger partial charge on any atom is -0.494 e. The van der Waals surface area contributed by atoms with E-state index in [0.717, 1.165) is 78.6 Å². The average Bonchev–Trinajstić information content (AvgIpc) is 3.62. The van der Waals surface area contributed by atoms with Crippen LogP contribution in [-0.4, -0.2) is 95.2 Å². The number of ether oxygens (including phenoxy) is 1. The maximum absolute atomic E-state index is 11.8. The Bertz CT molecular complexity index is 1890. The molecule has 2 N–H and O–H groups in total. The molecule has 5 heterocycles. The van der Waals surface area contributed by atoms with Crippen LogP contribution in [0.2, 0.25) is 0 Å². The second-order valence-electron chi connectivity index (χ2n) is 12.3. The zero-order valence-electron chi connectivity index (χ0n) is 26.0. The first kappa shape index (κ1) is 28.9. The minimum absolute atomic E-state index is 0.431. The summed E-state index contributed by atoms with van der Waals surface area (Å²) in [7, 11) is 3.84. The smallest absolute Gasteiger partial charge is 0.227 e. The summed E-state index contributed by atoms with van der Waals surface area (Å²) in [6, 6.07) is 13.4. The highest BCUT2D eigenvalue weighted by Crippen LogP contribution is 2.44. The fraction of sp³-hybridized carbons (Fsp3) is 0.353. The molecule has 3 aromatic heterocycles. The molecule has 0 spiro atoms. The maximum Gasteiger partial charge on any atom is 0.227 e. The quantitative estimate of drug-likeness (QED) is 0.209. The monoisotopic (exact) mass is 635 g/mol. The predicted molar refractivity (Wildman–Crippen MR) is 183 cm³/mol. The van der Waals surface area contributed by atoms with E-state index in [4.69, 9.17) is 14.7 Å². The van der Waals surface area contributed by atoms with Gasteiger partial charge >= 0.3 is 0 Å². The number of likely N-dealkylation sites (N-methyl/N-ethyl adjacent to an activating group) is 1. The second kappa shape index (κ2) is 12.0. The highest BCUT2D eigenvalue weighted by molar-refractivity contribution is 7.13. The zero-order chi connectivity index (χ0) is 31.2. The van der Waals surface area contributed by atoms with Gasteiger partial charge in [-0.2, -0.15) is 0 Å². The summed E-state index contributed by atoms with van der Waals surface area (Å²) in [6.07, 6.45) is 9.00. The summed E-state index contributed by atoms with van der Waals surface area (Å²) in [5.74, 6) is 1.08. The Balaban J connectivity index is 1.17. The van der Waals surface area contributed by atoms with E-state index in [1.165, 1.54) is 18.4 Å². The van der Waals surface area contributed by atoms with Gasteiger partial charge in [-0.3, -0.25) is 9.69 Å². The van der Waals surface area contributed by atoms with Gasteiger partial charge in [0, 0.05) is 97.9 Å². The first-order chi connectivity index (χ1) is 22.6. The molecule has 2 aliphatic heterocycles. The van der Waals surface area contributed by atoms with E-state index in [1.807, 2.05) is 29.9 Å². The van der Waals surface area contributed by atoms with E-state index in [-0.39, 0.29) is 0 Å². The van der Waals surface area contributed by atoms with Crippen LogP contribution in [0, 0.1) is 0 Å². The molecule has 5 aromatic rings. The SMILES string of the molecule is COc1cc(N2CCN3CCN(C)CC3C2)c(NC=O)cc1Nc1ncc(-c2nccs2)c(-c2cn(C3CC3)c3ccccc23)n1. The minimum atomic E-state index is 0.431. The van der Waals surface area contributed by atoms with Crippen molar-refractivity contribution in [2.24, 2.45) is 0 Å². The number of fused-ring (bicyclic) bond motifs is 2. The van der Waals surface area contributed by atoms with Crippen LogP contribution in [0.5, 0.6) is 5.75 Å². The summed E-state index contributed by atoms with van der Waals surface area (Å²) in [4.78, 5) is 33.6. The van der Waals surface area contributed by atoms with Crippen molar-refractivity contribution >= 4 is 51.7 Å². The standard InChI is InChI=1S/C34H37N9O2S/c1-40-10-11-41-12-13-42(19-23(41)18-40)30-16-31(45-2)28(15-27(30)37-21-44)38-34-36-17-25(33-35-9-14-46-33)32(39-34)26-20-43(22-7-8-22)29-6-4-3-5-24(26)29/h3-6,9,14-17,20-23H,7-8,10-13,18-19H2,1-2H3,(H,37,44)(H,36,38,39). The third kappa shape index (κ3) is 5.36. The van der Waals surface area contributed by atoms with Crippen LogP contribution in [0.3, 0.4) is 0 Å². The number of hydrogen-bond donors (Lipinski definition) is 2. The van der Waals surface area contributed by atoms with Crippen LogP contribution >= 0.6 is 11.3 Å². The van der Waals surface area contributed by atoms with Crippen molar-refractivity contribution in [1.29, 1.82) is 0 Å². The lowest BCUT2D eigenvalue weighted by molar-refractivity contribution is -0.105. The van der Waals surface area contributed by atoms with Crippen LogP contribution in [0.15, 0.2) is 60.4 Å². The normalized spacial score (nSPS) is 18.8. The molecular weight excluding hydrogens is 599 g/mol. The number of para-hydroxylation sites is 1. The van der Waals surface area contributed by atoms with Crippen LogP contribution in [0.25, 0.3) is 32.7 Å². The molecule has 12 heteroatoms. The van der Waals surface area contributed by atoms with Crippen molar-refractivity contribution in [1.82, 2.24) is 29.3 Å². The highest BCUT2D eigenvalue weighted by atomic mass is 32.1. The molecule has 3 fully saturated rings.